The second kappa shape index (κ2) is 5.01. The molecule has 1 heterocycles. The summed E-state index contributed by atoms with van der Waals surface area (Å²) in [7, 11) is 0. The lowest BCUT2D eigenvalue weighted by Crippen LogP contribution is -2.55. The van der Waals surface area contributed by atoms with E-state index in [2.05, 4.69) is 12.2 Å². The maximum absolute atomic E-state index is 14.9. The number of piperidine rings is 1. The molecule has 0 amide bonds. The summed E-state index contributed by atoms with van der Waals surface area (Å²) in [5.41, 5.74) is 4.88. The minimum atomic E-state index is -1.04. The fraction of sp³-hybridized carbons (Fsp3) is 1.00. The zero-order valence-corrected chi connectivity index (χ0v) is 10.3. The van der Waals surface area contributed by atoms with E-state index in [0.29, 0.717) is 18.8 Å². The molecule has 0 aromatic rings. The molecular weight excluding hydrogens is 203 g/mol. The van der Waals surface area contributed by atoms with Gasteiger partial charge in [0.25, 0.3) is 0 Å². The standard InChI is InChI=1S/C13H25FN2/c1-2-10-5-7-16-12(8-10)13(14)6-3-4-11(15)9-13/h10-12,16H,2-9,15H2,1H3. The summed E-state index contributed by atoms with van der Waals surface area (Å²) in [5, 5.41) is 3.38. The smallest absolute Gasteiger partial charge is 0.127 e. The van der Waals surface area contributed by atoms with E-state index in [-0.39, 0.29) is 12.1 Å². The molecule has 4 atom stereocenters. The molecule has 2 nitrogen and oxygen atoms in total. The quantitative estimate of drug-likeness (QED) is 0.761. The Bertz CT molecular complexity index is 234. The fourth-order valence-electron chi connectivity index (χ4n) is 3.38. The highest BCUT2D eigenvalue weighted by Crippen LogP contribution is 2.38. The molecule has 0 bridgehead atoms. The number of alkyl halides is 1. The highest BCUT2D eigenvalue weighted by molar-refractivity contribution is 4.99. The zero-order valence-electron chi connectivity index (χ0n) is 10.3. The fourth-order valence-corrected chi connectivity index (χ4v) is 3.38. The highest BCUT2D eigenvalue weighted by atomic mass is 19.1. The summed E-state index contributed by atoms with van der Waals surface area (Å²) in [4.78, 5) is 0. The minimum Gasteiger partial charge on any atom is -0.328 e. The normalized spacial score (nSPS) is 45.6. The average Bonchev–Trinajstić information content (AvgIpc) is 2.29. The van der Waals surface area contributed by atoms with Crippen molar-refractivity contribution in [2.45, 2.75) is 69.6 Å². The van der Waals surface area contributed by atoms with Gasteiger partial charge in [0.1, 0.15) is 5.67 Å². The summed E-state index contributed by atoms with van der Waals surface area (Å²) < 4.78 is 14.9. The predicted octanol–water partition coefficient (Wildman–Crippen LogP) is 2.37. The monoisotopic (exact) mass is 228 g/mol. The minimum absolute atomic E-state index is 0.0533. The molecule has 1 saturated heterocycles. The van der Waals surface area contributed by atoms with Crippen LogP contribution in [0.2, 0.25) is 0 Å². The lowest BCUT2D eigenvalue weighted by molar-refractivity contribution is 0.0300. The molecule has 1 aliphatic heterocycles. The van der Waals surface area contributed by atoms with Crippen LogP contribution < -0.4 is 11.1 Å². The van der Waals surface area contributed by atoms with Crippen LogP contribution in [0.15, 0.2) is 0 Å². The summed E-state index contributed by atoms with van der Waals surface area (Å²) in [6.45, 7) is 3.19. The molecule has 0 aromatic heterocycles. The summed E-state index contributed by atoms with van der Waals surface area (Å²) in [6.07, 6.45) is 6.59. The number of nitrogens with two attached hydrogens (primary N) is 1. The van der Waals surface area contributed by atoms with Crippen LogP contribution in [0.4, 0.5) is 4.39 Å². The first-order chi connectivity index (χ1) is 7.64. The Morgan fingerprint density at radius 2 is 2.25 bits per heavy atom. The van der Waals surface area contributed by atoms with E-state index >= 15 is 0 Å². The van der Waals surface area contributed by atoms with Crippen molar-refractivity contribution in [3.05, 3.63) is 0 Å². The van der Waals surface area contributed by atoms with Gasteiger partial charge in [-0.3, -0.25) is 0 Å². The maximum Gasteiger partial charge on any atom is 0.127 e. The Kier molecular flexibility index (Phi) is 3.85. The average molecular weight is 228 g/mol. The Labute approximate surface area is 98.2 Å². The third kappa shape index (κ3) is 2.57. The van der Waals surface area contributed by atoms with Crippen molar-refractivity contribution < 1.29 is 4.39 Å². The van der Waals surface area contributed by atoms with Crippen LogP contribution in [0.3, 0.4) is 0 Å². The molecule has 2 aliphatic rings. The van der Waals surface area contributed by atoms with Crippen LogP contribution in [-0.2, 0) is 0 Å². The first kappa shape index (κ1) is 12.3. The van der Waals surface area contributed by atoms with Gasteiger partial charge < -0.3 is 11.1 Å². The number of hydrogen-bond donors (Lipinski definition) is 2. The molecule has 94 valence electrons. The third-order valence-electron chi connectivity index (χ3n) is 4.48. The van der Waals surface area contributed by atoms with Gasteiger partial charge in [-0.15, -0.1) is 0 Å². The molecule has 0 radical (unpaired) electrons. The van der Waals surface area contributed by atoms with Crippen LogP contribution in [0, 0.1) is 5.92 Å². The van der Waals surface area contributed by atoms with Crippen LogP contribution >= 0.6 is 0 Å². The van der Waals surface area contributed by atoms with Crippen molar-refractivity contribution >= 4 is 0 Å². The Morgan fingerprint density at radius 1 is 1.44 bits per heavy atom. The van der Waals surface area contributed by atoms with Crippen molar-refractivity contribution in [2.24, 2.45) is 11.7 Å². The summed E-state index contributed by atoms with van der Waals surface area (Å²) >= 11 is 0. The maximum atomic E-state index is 14.9. The number of rotatable bonds is 2. The first-order valence-corrected chi connectivity index (χ1v) is 6.82. The van der Waals surface area contributed by atoms with E-state index in [1.807, 2.05) is 0 Å². The molecule has 1 aliphatic carbocycles. The second-order valence-electron chi connectivity index (χ2n) is 5.70. The SMILES string of the molecule is CCC1CCNC(C2(F)CCCC(N)C2)C1. The molecule has 2 fully saturated rings. The van der Waals surface area contributed by atoms with E-state index in [0.717, 1.165) is 25.8 Å². The number of hydrogen-bond acceptors (Lipinski definition) is 2. The molecule has 0 spiro atoms. The van der Waals surface area contributed by atoms with Crippen molar-refractivity contribution in [1.82, 2.24) is 5.32 Å². The van der Waals surface area contributed by atoms with Gasteiger partial charge in [-0.1, -0.05) is 13.3 Å². The third-order valence-corrected chi connectivity index (χ3v) is 4.48. The van der Waals surface area contributed by atoms with Crippen LogP contribution in [0.1, 0.15) is 51.9 Å². The number of nitrogens with one attached hydrogen (secondary N) is 1. The van der Waals surface area contributed by atoms with E-state index in [9.17, 15) is 4.39 Å². The van der Waals surface area contributed by atoms with E-state index in [1.54, 1.807) is 0 Å². The van der Waals surface area contributed by atoms with Gasteiger partial charge in [-0.25, -0.2) is 4.39 Å². The lowest BCUT2D eigenvalue weighted by Gasteiger charge is -2.43. The lowest BCUT2D eigenvalue weighted by atomic mass is 9.74. The van der Waals surface area contributed by atoms with Gasteiger partial charge in [-0.05, 0) is 51.0 Å². The molecule has 1 saturated carbocycles. The molecular formula is C13H25FN2. The number of halogens is 1. The van der Waals surface area contributed by atoms with Crippen molar-refractivity contribution in [3.8, 4) is 0 Å². The molecule has 3 N–H and O–H groups in total. The second-order valence-corrected chi connectivity index (χ2v) is 5.70. The topological polar surface area (TPSA) is 38.0 Å². The molecule has 2 rings (SSSR count). The largest absolute Gasteiger partial charge is 0.328 e. The first-order valence-electron chi connectivity index (χ1n) is 6.82. The molecule has 16 heavy (non-hydrogen) atoms. The molecule has 0 aromatic carbocycles. The highest BCUT2D eigenvalue weighted by Gasteiger charge is 2.43. The van der Waals surface area contributed by atoms with E-state index in [4.69, 9.17) is 5.73 Å². The van der Waals surface area contributed by atoms with Crippen LogP contribution in [-0.4, -0.2) is 24.3 Å². The Morgan fingerprint density at radius 3 is 2.94 bits per heavy atom. The van der Waals surface area contributed by atoms with Gasteiger partial charge in [0.2, 0.25) is 0 Å². The van der Waals surface area contributed by atoms with Crippen molar-refractivity contribution in [2.75, 3.05) is 6.54 Å². The molecule has 3 heteroatoms. The van der Waals surface area contributed by atoms with Crippen molar-refractivity contribution in [3.63, 3.8) is 0 Å². The van der Waals surface area contributed by atoms with Gasteiger partial charge in [0, 0.05) is 12.1 Å². The van der Waals surface area contributed by atoms with Crippen LogP contribution in [0.5, 0.6) is 0 Å². The van der Waals surface area contributed by atoms with E-state index < -0.39 is 5.67 Å². The zero-order chi connectivity index (χ0) is 11.6. The van der Waals surface area contributed by atoms with Crippen molar-refractivity contribution in [1.29, 1.82) is 0 Å². The molecule has 4 unspecified atom stereocenters. The Balaban J connectivity index is 1.98. The van der Waals surface area contributed by atoms with Gasteiger partial charge in [0.15, 0.2) is 0 Å². The predicted molar refractivity (Wildman–Crippen MR) is 65.1 cm³/mol. The Hall–Kier alpha value is -0.150. The summed E-state index contributed by atoms with van der Waals surface area (Å²) in [6, 6.07) is 0.125. The van der Waals surface area contributed by atoms with Gasteiger partial charge >= 0.3 is 0 Å². The van der Waals surface area contributed by atoms with Crippen LogP contribution in [0.25, 0.3) is 0 Å². The van der Waals surface area contributed by atoms with Gasteiger partial charge in [0.05, 0.1) is 0 Å². The van der Waals surface area contributed by atoms with E-state index in [1.165, 1.54) is 12.8 Å². The summed E-state index contributed by atoms with van der Waals surface area (Å²) in [5.74, 6) is 0.706. The van der Waals surface area contributed by atoms with Gasteiger partial charge in [-0.2, -0.15) is 0 Å².